The highest BCUT2D eigenvalue weighted by Gasteiger charge is 2.25. The van der Waals surface area contributed by atoms with E-state index in [1.54, 1.807) is 12.1 Å². The standard InChI is InChI=1S/C13H10N4O3/c1-16-11(14-7-12(16)17(19)20)6-9-8-4-2-3-5-10(8)15-13(9)18/h2-7H,1H3,(H,15,18)/b9-6-. The summed E-state index contributed by atoms with van der Waals surface area (Å²) in [5, 5.41) is 13.5. The second kappa shape index (κ2) is 4.30. The van der Waals surface area contributed by atoms with E-state index < -0.39 is 4.92 Å². The van der Waals surface area contributed by atoms with Gasteiger partial charge < -0.3 is 15.4 Å². The van der Waals surface area contributed by atoms with Crippen LogP contribution in [0.2, 0.25) is 0 Å². The highest BCUT2D eigenvalue weighted by molar-refractivity contribution is 6.34. The molecule has 7 nitrogen and oxygen atoms in total. The van der Waals surface area contributed by atoms with Crippen LogP contribution in [0.5, 0.6) is 0 Å². The van der Waals surface area contributed by atoms with E-state index in [-0.39, 0.29) is 11.7 Å². The van der Waals surface area contributed by atoms with Crippen molar-refractivity contribution < 1.29 is 9.72 Å². The van der Waals surface area contributed by atoms with E-state index in [2.05, 4.69) is 10.3 Å². The van der Waals surface area contributed by atoms with Gasteiger partial charge >= 0.3 is 5.82 Å². The molecule has 1 aromatic heterocycles. The molecule has 1 aromatic carbocycles. The maximum absolute atomic E-state index is 11.9. The number of carbonyl (C=O) groups excluding carboxylic acids is 1. The SMILES string of the molecule is Cn1c([N+](=O)[O-])cnc1/C=C1\C(=O)Nc2ccccc21. The summed E-state index contributed by atoms with van der Waals surface area (Å²) in [6.07, 6.45) is 2.72. The van der Waals surface area contributed by atoms with Crippen LogP contribution in [-0.4, -0.2) is 20.4 Å². The number of fused-ring (bicyclic) bond motifs is 1. The third kappa shape index (κ3) is 1.76. The molecule has 1 amide bonds. The van der Waals surface area contributed by atoms with Crippen LogP contribution in [0.1, 0.15) is 11.4 Å². The van der Waals surface area contributed by atoms with Gasteiger partial charge in [0.1, 0.15) is 6.20 Å². The summed E-state index contributed by atoms with van der Waals surface area (Å²) in [6, 6.07) is 7.27. The van der Waals surface area contributed by atoms with Crippen molar-refractivity contribution in [3.05, 3.63) is 52.0 Å². The van der Waals surface area contributed by atoms with E-state index in [4.69, 9.17) is 0 Å². The number of nitro groups is 1. The molecule has 20 heavy (non-hydrogen) atoms. The Morgan fingerprint density at radius 1 is 1.40 bits per heavy atom. The van der Waals surface area contributed by atoms with Crippen molar-refractivity contribution >= 4 is 29.1 Å². The van der Waals surface area contributed by atoms with Crippen LogP contribution >= 0.6 is 0 Å². The van der Waals surface area contributed by atoms with Crippen LogP contribution < -0.4 is 5.32 Å². The summed E-state index contributed by atoms with van der Waals surface area (Å²) < 4.78 is 1.33. The molecule has 0 atom stereocenters. The summed E-state index contributed by atoms with van der Waals surface area (Å²) in [4.78, 5) is 26.2. The van der Waals surface area contributed by atoms with Crippen LogP contribution in [-0.2, 0) is 11.8 Å². The number of rotatable bonds is 2. The average Bonchev–Trinajstić information content (AvgIpc) is 2.92. The number of imidazole rings is 1. The molecule has 0 spiro atoms. The van der Waals surface area contributed by atoms with E-state index in [1.165, 1.54) is 17.8 Å². The van der Waals surface area contributed by atoms with Crippen molar-refractivity contribution in [2.24, 2.45) is 7.05 Å². The first-order valence-corrected chi connectivity index (χ1v) is 5.86. The smallest absolute Gasteiger partial charge is 0.342 e. The molecule has 0 radical (unpaired) electrons. The lowest BCUT2D eigenvalue weighted by Gasteiger charge is -1.97. The fourth-order valence-corrected chi connectivity index (χ4v) is 2.13. The van der Waals surface area contributed by atoms with Crippen molar-refractivity contribution in [3.8, 4) is 0 Å². The number of nitrogens with one attached hydrogen (secondary N) is 1. The molecule has 0 aliphatic carbocycles. The maximum atomic E-state index is 11.9. The molecule has 0 fully saturated rings. The molecule has 1 aliphatic rings. The van der Waals surface area contributed by atoms with E-state index in [0.29, 0.717) is 11.4 Å². The predicted octanol–water partition coefficient (Wildman–Crippen LogP) is 1.82. The van der Waals surface area contributed by atoms with Gasteiger partial charge in [0.15, 0.2) is 0 Å². The Balaban J connectivity index is 2.09. The van der Waals surface area contributed by atoms with Crippen LogP contribution in [0, 0.1) is 10.1 Å². The minimum Gasteiger partial charge on any atom is -0.358 e. The summed E-state index contributed by atoms with van der Waals surface area (Å²) in [5.74, 6) is -0.000976. The maximum Gasteiger partial charge on any atom is 0.342 e. The molecule has 7 heteroatoms. The quantitative estimate of drug-likeness (QED) is 0.512. The van der Waals surface area contributed by atoms with Crippen molar-refractivity contribution in [1.82, 2.24) is 9.55 Å². The third-order valence-electron chi connectivity index (χ3n) is 3.17. The minimum absolute atomic E-state index is 0.122. The monoisotopic (exact) mass is 270 g/mol. The highest BCUT2D eigenvalue weighted by Crippen LogP contribution is 2.32. The summed E-state index contributed by atoms with van der Waals surface area (Å²) in [6.45, 7) is 0. The zero-order chi connectivity index (χ0) is 14.3. The average molecular weight is 270 g/mol. The van der Waals surface area contributed by atoms with E-state index in [9.17, 15) is 14.9 Å². The molecule has 1 N–H and O–H groups in total. The topological polar surface area (TPSA) is 90.1 Å². The van der Waals surface area contributed by atoms with Gasteiger partial charge in [-0.15, -0.1) is 0 Å². The molecular weight excluding hydrogens is 260 g/mol. The first-order valence-electron chi connectivity index (χ1n) is 5.86. The number of anilines is 1. The normalized spacial score (nSPS) is 15.2. The summed E-state index contributed by atoms with van der Waals surface area (Å²) in [7, 11) is 1.54. The first kappa shape index (κ1) is 12.1. The number of benzene rings is 1. The minimum atomic E-state index is -0.516. The van der Waals surface area contributed by atoms with Gasteiger partial charge in [0, 0.05) is 17.3 Å². The van der Waals surface area contributed by atoms with Crippen molar-refractivity contribution in [2.45, 2.75) is 0 Å². The second-order valence-corrected chi connectivity index (χ2v) is 4.35. The Labute approximate surface area is 113 Å². The first-order chi connectivity index (χ1) is 9.58. The van der Waals surface area contributed by atoms with Crippen LogP contribution in [0.25, 0.3) is 11.6 Å². The van der Waals surface area contributed by atoms with Gasteiger partial charge in [-0.25, -0.2) is 9.55 Å². The number of hydrogen-bond donors (Lipinski definition) is 1. The van der Waals surface area contributed by atoms with Gasteiger partial charge in [-0.1, -0.05) is 18.2 Å². The van der Waals surface area contributed by atoms with Crippen molar-refractivity contribution in [1.29, 1.82) is 0 Å². The Morgan fingerprint density at radius 2 is 2.15 bits per heavy atom. The van der Waals surface area contributed by atoms with E-state index in [1.807, 2.05) is 18.2 Å². The molecule has 0 saturated carbocycles. The van der Waals surface area contributed by atoms with Crippen molar-refractivity contribution in [3.63, 3.8) is 0 Å². The molecule has 0 saturated heterocycles. The van der Waals surface area contributed by atoms with Gasteiger partial charge in [0.2, 0.25) is 5.82 Å². The van der Waals surface area contributed by atoms with Crippen LogP contribution in [0.15, 0.2) is 30.5 Å². The second-order valence-electron chi connectivity index (χ2n) is 4.35. The Hall–Kier alpha value is -2.96. The molecule has 0 bridgehead atoms. The number of carbonyl (C=O) groups is 1. The van der Waals surface area contributed by atoms with Crippen molar-refractivity contribution in [2.75, 3.05) is 5.32 Å². The van der Waals surface area contributed by atoms with Gasteiger partial charge in [-0.3, -0.25) is 4.79 Å². The lowest BCUT2D eigenvalue weighted by Crippen LogP contribution is -2.04. The molecular formula is C13H10N4O3. The predicted molar refractivity (Wildman–Crippen MR) is 72.8 cm³/mol. The number of aromatic nitrogens is 2. The fourth-order valence-electron chi connectivity index (χ4n) is 2.13. The Bertz CT molecular complexity index is 761. The molecule has 3 rings (SSSR count). The molecule has 100 valence electrons. The third-order valence-corrected chi connectivity index (χ3v) is 3.17. The largest absolute Gasteiger partial charge is 0.358 e. The summed E-state index contributed by atoms with van der Waals surface area (Å²) in [5.41, 5.74) is 1.94. The number of amides is 1. The molecule has 2 heterocycles. The molecule has 1 aliphatic heterocycles. The van der Waals surface area contributed by atoms with E-state index >= 15 is 0 Å². The Kier molecular flexibility index (Phi) is 2.60. The van der Waals surface area contributed by atoms with Gasteiger partial charge in [-0.05, 0) is 11.0 Å². The number of para-hydroxylation sites is 1. The number of nitrogens with zero attached hydrogens (tertiary/aromatic N) is 3. The zero-order valence-corrected chi connectivity index (χ0v) is 10.5. The highest BCUT2D eigenvalue weighted by atomic mass is 16.6. The Morgan fingerprint density at radius 3 is 2.85 bits per heavy atom. The van der Waals surface area contributed by atoms with E-state index in [0.717, 1.165) is 11.3 Å². The van der Waals surface area contributed by atoms with Gasteiger partial charge in [-0.2, -0.15) is 0 Å². The lowest BCUT2D eigenvalue weighted by atomic mass is 10.1. The summed E-state index contributed by atoms with van der Waals surface area (Å²) >= 11 is 0. The van der Waals surface area contributed by atoms with Crippen LogP contribution in [0.3, 0.4) is 0 Å². The van der Waals surface area contributed by atoms with Gasteiger partial charge in [0.05, 0.1) is 12.6 Å². The molecule has 0 unspecified atom stereocenters. The number of hydrogen-bond acceptors (Lipinski definition) is 4. The molecule has 2 aromatic rings. The van der Waals surface area contributed by atoms with Crippen LogP contribution in [0.4, 0.5) is 11.5 Å². The fraction of sp³-hybridized carbons (Fsp3) is 0.0769. The lowest BCUT2D eigenvalue weighted by molar-refractivity contribution is -0.391. The van der Waals surface area contributed by atoms with Gasteiger partial charge in [0.25, 0.3) is 5.91 Å². The zero-order valence-electron chi connectivity index (χ0n) is 10.5.